The molecule has 0 aliphatic carbocycles. The third-order valence-electron chi connectivity index (χ3n) is 2.79. The molecule has 1 unspecified atom stereocenters. The maximum atomic E-state index is 6.09. The minimum atomic E-state index is -0.254. The van der Waals surface area contributed by atoms with Crippen molar-refractivity contribution in [2.24, 2.45) is 5.73 Å². The lowest BCUT2D eigenvalue weighted by atomic mass is 10.1. The van der Waals surface area contributed by atoms with Crippen molar-refractivity contribution >= 4 is 11.6 Å². The van der Waals surface area contributed by atoms with Crippen LogP contribution in [0, 0.1) is 0 Å². The standard InChI is InChI=1S/C15H16ClNO2/c1-18-11-6-8-12(9-7-11)19-10-15(17)13-4-2-3-5-14(13)16/h2-9,15H,10,17H2,1H3. The largest absolute Gasteiger partial charge is 0.497 e. The van der Waals surface area contributed by atoms with Crippen LogP contribution in [0.2, 0.25) is 5.02 Å². The highest BCUT2D eigenvalue weighted by Gasteiger charge is 2.10. The molecule has 0 bridgehead atoms. The van der Waals surface area contributed by atoms with Gasteiger partial charge in [-0.15, -0.1) is 0 Å². The first-order chi connectivity index (χ1) is 9.20. The molecule has 3 nitrogen and oxygen atoms in total. The number of benzene rings is 2. The third kappa shape index (κ3) is 3.63. The van der Waals surface area contributed by atoms with Crippen LogP contribution in [0.25, 0.3) is 0 Å². The fourth-order valence-corrected chi connectivity index (χ4v) is 2.00. The smallest absolute Gasteiger partial charge is 0.119 e. The van der Waals surface area contributed by atoms with E-state index in [4.69, 9.17) is 26.8 Å². The Kier molecular flexibility index (Phi) is 4.66. The van der Waals surface area contributed by atoms with Crippen molar-refractivity contribution in [2.45, 2.75) is 6.04 Å². The van der Waals surface area contributed by atoms with Crippen molar-refractivity contribution in [3.8, 4) is 11.5 Å². The quantitative estimate of drug-likeness (QED) is 0.911. The van der Waals surface area contributed by atoms with Crippen molar-refractivity contribution in [1.29, 1.82) is 0 Å². The lowest BCUT2D eigenvalue weighted by Gasteiger charge is -2.15. The highest BCUT2D eigenvalue weighted by Crippen LogP contribution is 2.23. The predicted molar refractivity (Wildman–Crippen MR) is 76.9 cm³/mol. The lowest BCUT2D eigenvalue weighted by molar-refractivity contribution is 0.290. The van der Waals surface area contributed by atoms with Gasteiger partial charge in [0, 0.05) is 5.02 Å². The van der Waals surface area contributed by atoms with E-state index in [1.807, 2.05) is 48.5 Å². The van der Waals surface area contributed by atoms with Crippen molar-refractivity contribution in [1.82, 2.24) is 0 Å². The number of hydrogen-bond donors (Lipinski definition) is 1. The summed E-state index contributed by atoms with van der Waals surface area (Å²) in [5.41, 5.74) is 6.95. The molecule has 0 aromatic heterocycles. The fraction of sp³-hybridized carbons (Fsp3) is 0.200. The SMILES string of the molecule is COc1ccc(OCC(N)c2ccccc2Cl)cc1. The molecular weight excluding hydrogens is 262 g/mol. The zero-order valence-electron chi connectivity index (χ0n) is 10.7. The molecule has 0 amide bonds. The molecule has 2 N–H and O–H groups in total. The molecule has 2 aromatic carbocycles. The Morgan fingerprint density at radius 2 is 1.68 bits per heavy atom. The van der Waals surface area contributed by atoms with Gasteiger partial charge >= 0.3 is 0 Å². The van der Waals surface area contributed by atoms with Gasteiger partial charge in [0.05, 0.1) is 13.2 Å². The van der Waals surface area contributed by atoms with Crippen LogP contribution in [0.3, 0.4) is 0 Å². The molecule has 2 aromatic rings. The van der Waals surface area contributed by atoms with E-state index < -0.39 is 0 Å². The summed E-state index contributed by atoms with van der Waals surface area (Å²) >= 11 is 6.09. The number of rotatable bonds is 5. The van der Waals surface area contributed by atoms with Crippen LogP contribution in [-0.2, 0) is 0 Å². The summed E-state index contributed by atoms with van der Waals surface area (Å²) in [7, 11) is 1.63. The molecule has 19 heavy (non-hydrogen) atoms. The number of methoxy groups -OCH3 is 1. The molecule has 0 saturated heterocycles. The maximum absolute atomic E-state index is 6.09. The molecule has 100 valence electrons. The Morgan fingerprint density at radius 3 is 2.32 bits per heavy atom. The molecule has 0 spiro atoms. The van der Waals surface area contributed by atoms with Crippen molar-refractivity contribution in [2.75, 3.05) is 13.7 Å². The van der Waals surface area contributed by atoms with Crippen molar-refractivity contribution in [3.05, 3.63) is 59.1 Å². The first-order valence-electron chi connectivity index (χ1n) is 5.97. The van der Waals surface area contributed by atoms with E-state index >= 15 is 0 Å². The van der Waals surface area contributed by atoms with E-state index in [-0.39, 0.29) is 6.04 Å². The molecule has 0 aliphatic rings. The molecule has 0 radical (unpaired) electrons. The Balaban J connectivity index is 1.96. The maximum Gasteiger partial charge on any atom is 0.119 e. The van der Waals surface area contributed by atoms with Gasteiger partial charge in [-0.25, -0.2) is 0 Å². The molecule has 0 saturated carbocycles. The van der Waals surface area contributed by atoms with E-state index in [9.17, 15) is 0 Å². The first-order valence-corrected chi connectivity index (χ1v) is 6.35. The number of ether oxygens (including phenoxy) is 2. The third-order valence-corrected chi connectivity index (χ3v) is 3.14. The van der Waals surface area contributed by atoms with Crippen LogP contribution in [0.5, 0.6) is 11.5 Å². The Bertz CT molecular complexity index is 528. The molecular formula is C15H16ClNO2. The molecule has 2 rings (SSSR count). The van der Waals surface area contributed by atoms with Gasteiger partial charge in [0.25, 0.3) is 0 Å². The summed E-state index contributed by atoms with van der Waals surface area (Å²) < 4.78 is 10.7. The fourth-order valence-electron chi connectivity index (χ4n) is 1.72. The monoisotopic (exact) mass is 277 g/mol. The van der Waals surface area contributed by atoms with Crippen LogP contribution in [-0.4, -0.2) is 13.7 Å². The summed E-state index contributed by atoms with van der Waals surface area (Å²) in [6, 6.07) is 14.6. The average Bonchev–Trinajstić information content (AvgIpc) is 2.46. The predicted octanol–water partition coefficient (Wildman–Crippen LogP) is 3.43. The van der Waals surface area contributed by atoms with Gasteiger partial charge in [0.15, 0.2) is 0 Å². The van der Waals surface area contributed by atoms with Crippen molar-refractivity contribution < 1.29 is 9.47 Å². The van der Waals surface area contributed by atoms with Gasteiger partial charge in [-0.2, -0.15) is 0 Å². The molecule has 0 heterocycles. The topological polar surface area (TPSA) is 44.5 Å². The van der Waals surface area contributed by atoms with Gasteiger partial charge in [0.2, 0.25) is 0 Å². The van der Waals surface area contributed by atoms with Crippen LogP contribution in [0.15, 0.2) is 48.5 Å². The Labute approximate surface area is 117 Å². The van der Waals surface area contributed by atoms with Crippen LogP contribution < -0.4 is 15.2 Å². The van der Waals surface area contributed by atoms with Crippen LogP contribution in [0.4, 0.5) is 0 Å². The molecule has 0 fully saturated rings. The number of nitrogens with two attached hydrogens (primary N) is 1. The van der Waals surface area contributed by atoms with Crippen molar-refractivity contribution in [3.63, 3.8) is 0 Å². The van der Waals surface area contributed by atoms with Crippen LogP contribution >= 0.6 is 11.6 Å². The Morgan fingerprint density at radius 1 is 1.05 bits per heavy atom. The zero-order valence-corrected chi connectivity index (χ0v) is 11.4. The average molecular weight is 278 g/mol. The minimum absolute atomic E-state index is 0.254. The minimum Gasteiger partial charge on any atom is -0.497 e. The summed E-state index contributed by atoms with van der Waals surface area (Å²) in [5, 5.41) is 0.660. The van der Waals surface area contributed by atoms with E-state index in [2.05, 4.69) is 0 Å². The second-order valence-electron chi connectivity index (χ2n) is 4.11. The second kappa shape index (κ2) is 6.45. The second-order valence-corrected chi connectivity index (χ2v) is 4.52. The molecule has 0 aliphatic heterocycles. The highest BCUT2D eigenvalue weighted by molar-refractivity contribution is 6.31. The van der Waals surface area contributed by atoms with Gasteiger partial charge in [0.1, 0.15) is 18.1 Å². The van der Waals surface area contributed by atoms with E-state index in [0.29, 0.717) is 11.6 Å². The molecule has 1 atom stereocenters. The summed E-state index contributed by atoms with van der Waals surface area (Å²) in [4.78, 5) is 0. The van der Waals surface area contributed by atoms with Gasteiger partial charge < -0.3 is 15.2 Å². The molecule has 4 heteroatoms. The Hall–Kier alpha value is -1.71. The normalized spacial score (nSPS) is 11.9. The van der Waals surface area contributed by atoms with E-state index in [1.165, 1.54) is 0 Å². The van der Waals surface area contributed by atoms with Gasteiger partial charge in [-0.3, -0.25) is 0 Å². The number of halogens is 1. The highest BCUT2D eigenvalue weighted by atomic mass is 35.5. The van der Waals surface area contributed by atoms with Crippen LogP contribution in [0.1, 0.15) is 11.6 Å². The first kappa shape index (κ1) is 13.7. The summed E-state index contributed by atoms with van der Waals surface area (Å²) in [6.45, 7) is 0.371. The zero-order chi connectivity index (χ0) is 13.7. The van der Waals surface area contributed by atoms with E-state index in [1.54, 1.807) is 7.11 Å². The van der Waals surface area contributed by atoms with Gasteiger partial charge in [-0.05, 0) is 35.9 Å². The lowest BCUT2D eigenvalue weighted by Crippen LogP contribution is -2.19. The van der Waals surface area contributed by atoms with Gasteiger partial charge in [-0.1, -0.05) is 29.8 Å². The summed E-state index contributed by atoms with van der Waals surface area (Å²) in [6.07, 6.45) is 0. The van der Waals surface area contributed by atoms with E-state index in [0.717, 1.165) is 17.1 Å². The summed E-state index contributed by atoms with van der Waals surface area (Å²) in [5.74, 6) is 1.55. The number of hydrogen-bond acceptors (Lipinski definition) is 3.